The Hall–Kier alpha value is -3.29. The highest BCUT2D eigenvalue weighted by molar-refractivity contribution is 5.71. The van der Waals surface area contributed by atoms with Crippen LogP contribution in [-0.4, -0.2) is 26.1 Å². The Balaban J connectivity index is 1.64. The lowest BCUT2D eigenvalue weighted by Gasteiger charge is -2.13. The molecule has 1 N–H and O–H groups in total. The van der Waals surface area contributed by atoms with E-state index in [0.29, 0.717) is 34.6 Å². The van der Waals surface area contributed by atoms with Crippen LogP contribution in [-0.2, 0) is 0 Å². The Labute approximate surface area is 149 Å². The highest BCUT2D eigenvalue weighted by Crippen LogP contribution is 2.32. The number of benzene rings is 1. The smallest absolute Gasteiger partial charge is 0.293 e. The predicted octanol–water partition coefficient (Wildman–Crippen LogP) is 4.06. The van der Waals surface area contributed by atoms with Crippen LogP contribution in [0.2, 0.25) is 0 Å². The average Bonchev–Trinajstić information content (AvgIpc) is 3.34. The van der Waals surface area contributed by atoms with Crippen molar-refractivity contribution in [1.29, 1.82) is 0 Å². The van der Waals surface area contributed by atoms with Gasteiger partial charge in [0.05, 0.1) is 10.5 Å². The van der Waals surface area contributed by atoms with Gasteiger partial charge < -0.3 is 9.84 Å². The second-order valence-corrected chi connectivity index (χ2v) is 6.28. The lowest BCUT2D eigenvalue weighted by atomic mass is 10.1. The number of anilines is 1. The fraction of sp³-hybridized carbons (Fsp3) is 0.278. The van der Waals surface area contributed by atoms with Crippen LogP contribution in [0.3, 0.4) is 0 Å². The number of rotatable bonds is 5. The van der Waals surface area contributed by atoms with Crippen LogP contribution in [0.1, 0.15) is 25.7 Å². The Morgan fingerprint density at radius 3 is 2.77 bits per heavy atom. The molecule has 0 amide bonds. The summed E-state index contributed by atoms with van der Waals surface area (Å²) in [5.74, 6) is 0.628. The first kappa shape index (κ1) is 16.2. The number of nitrogens with one attached hydrogen (secondary N) is 1. The van der Waals surface area contributed by atoms with Crippen LogP contribution < -0.4 is 5.32 Å². The molecule has 8 heteroatoms. The van der Waals surface area contributed by atoms with Crippen LogP contribution in [0.15, 0.2) is 47.2 Å². The van der Waals surface area contributed by atoms with Gasteiger partial charge in [-0.1, -0.05) is 18.0 Å². The lowest BCUT2D eigenvalue weighted by molar-refractivity contribution is -0.383. The van der Waals surface area contributed by atoms with Gasteiger partial charge in [0, 0.05) is 30.1 Å². The average molecular weight is 351 g/mol. The molecule has 8 nitrogen and oxygen atoms in total. The minimum atomic E-state index is -0.386. The number of hydrogen-bond donors (Lipinski definition) is 1. The Morgan fingerprint density at radius 2 is 2.04 bits per heavy atom. The topological polar surface area (TPSA) is 107 Å². The number of hydrogen-bond acceptors (Lipinski definition) is 7. The van der Waals surface area contributed by atoms with Crippen molar-refractivity contribution >= 4 is 11.4 Å². The molecule has 0 aliphatic heterocycles. The van der Waals surface area contributed by atoms with Crippen LogP contribution in [0, 0.1) is 10.1 Å². The van der Waals surface area contributed by atoms with E-state index in [1.54, 1.807) is 36.7 Å². The van der Waals surface area contributed by atoms with E-state index in [1.165, 1.54) is 6.07 Å². The van der Waals surface area contributed by atoms with E-state index >= 15 is 0 Å². The summed E-state index contributed by atoms with van der Waals surface area (Å²) in [6.07, 6.45) is 7.66. The second-order valence-electron chi connectivity index (χ2n) is 6.28. The summed E-state index contributed by atoms with van der Waals surface area (Å²) in [6, 6.07) is 8.83. The van der Waals surface area contributed by atoms with E-state index in [9.17, 15) is 10.1 Å². The maximum atomic E-state index is 11.5. The monoisotopic (exact) mass is 351 g/mol. The van der Waals surface area contributed by atoms with Gasteiger partial charge in [-0.3, -0.25) is 15.1 Å². The third-order valence-electron chi connectivity index (χ3n) is 4.50. The van der Waals surface area contributed by atoms with Crippen molar-refractivity contribution < 1.29 is 9.45 Å². The highest BCUT2D eigenvalue weighted by Gasteiger charge is 2.22. The molecule has 0 bridgehead atoms. The standard InChI is InChI=1S/C18H17N5O3/c24-23(25)16-10-12(7-8-15(16)20-14-5-1-2-6-14)17-21-18(26-22-17)13-4-3-9-19-11-13/h3-4,7-11,14,20H,1-2,5-6H2. The van der Waals surface area contributed by atoms with Gasteiger partial charge in [-0.2, -0.15) is 4.98 Å². The summed E-state index contributed by atoms with van der Waals surface area (Å²) in [5.41, 5.74) is 1.77. The van der Waals surface area contributed by atoms with Crippen LogP contribution in [0.4, 0.5) is 11.4 Å². The quantitative estimate of drug-likeness (QED) is 0.545. The van der Waals surface area contributed by atoms with E-state index in [0.717, 1.165) is 25.7 Å². The molecular weight excluding hydrogens is 334 g/mol. The Bertz CT molecular complexity index is 920. The van der Waals surface area contributed by atoms with Gasteiger partial charge in [-0.15, -0.1) is 0 Å². The maximum absolute atomic E-state index is 11.5. The second kappa shape index (κ2) is 6.91. The van der Waals surface area contributed by atoms with Gasteiger partial charge in [0.1, 0.15) is 5.69 Å². The first-order valence-electron chi connectivity index (χ1n) is 8.50. The molecule has 1 aliphatic carbocycles. The molecule has 4 rings (SSSR count). The van der Waals surface area contributed by atoms with Crippen molar-refractivity contribution in [2.45, 2.75) is 31.7 Å². The maximum Gasteiger partial charge on any atom is 0.293 e. The van der Waals surface area contributed by atoms with Gasteiger partial charge >= 0.3 is 0 Å². The summed E-state index contributed by atoms with van der Waals surface area (Å²) in [7, 11) is 0. The molecule has 0 radical (unpaired) electrons. The van der Waals surface area contributed by atoms with Crippen LogP contribution in [0.25, 0.3) is 22.8 Å². The van der Waals surface area contributed by atoms with E-state index in [4.69, 9.17) is 4.52 Å². The SMILES string of the molecule is O=[N+]([O-])c1cc(-c2noc(-c3cccnc3)n2)ccc1NC1CCCC1. The molecule has 3 aromatic rings. The van der Waals surface area contributed by atoms with Crippen LogP contribution in [0.5, 0.6) is 0 Å². The van der Waals surface area contributed by atoms with Crippen molar-refractivity contribution in [1.82, 2.24) is 15.1 Å². The molecule has 0 spiro atoms. The zero-order chi connectivity index (χ0) is 17.9. The Morgan fingerprint density at radius 1 is 1.19 bits per heavy atom. The minimum Gasteiger partial charge on any atom is -0.377 e. The number of aromatic nitrogens is 3. The van der Waals surface area contributed by atoms with E-state index in [1.807, 2.05) is 0 Å². The zero-order valence-corrected chi connectivity index (χ0v) is 14.0. The van der Waals surface area contributed by atoms with Gasteiger partial charge in [-0.05, 0) is 37.1 Å². The summed E-state index contributed by atoms with van der Waals surface area (Å²) in [4.78, 5) is 19.5. The van der Waals surface area contributed by atoms with Crippen molar-refractivity contribution in [2.24, 2.45) is 0 Å². The molecule has 1 saturated carbocycles. The van der Waals surface area contributed by atoms with Crippen molar-refractivity contribution in [3.05, 3.63) is 52.8 Å². The number of nitro groups is 1. The van der Waals surface area contributed by atoms with Crippen LogP contribution >= 0.6 is 0 Å². The molecule has 1 aromatic carbocycles. The molecule has 0 saturated heterocycles. The molecule has 2 aromatic heterocycles. The molecule has 132 valence electrons. The first-order valence-corrected chi connectivity index (χ1v) is 8.50. The van der Waals surface area contributed by atoms with Crippen molar-refractivity contribution in [3.63, 3.8) is 0 Å². The number of nitro benzene ring substituents is 1. The lowest BCUT2D eigenvalue weighted by Crippen LogP contribution is -2.15. The Kier molecular flexibility index (Phi) is 4.30. The normalized spacial score (nSPS) is 14.5. The van der Waals surface area contributed by atoms with Gasteiger partial charge in [-0.25, -0.2) is 0 Å². The van der Waals surface area contributed by atoms with E-state index < -0.39 is 0 Å². The summed E-state index contributed by atoms with van der Waals surface area (Å²) in [5, 5.41) is 18.7. The van der Waals surface area contributed by atoms with Crippen molar-refractivity contribution in [3.8, 4) is 22.8 Å². The van der Waals surface area contributed by atoms with Crippen molar-refractivity contribution in [2.75, 3.05) is 5.32 Å². The molecule has 1 aliphatic rings. The van der Waals surface area contributed by atoms with E-state index in [-0.39, 0.29) is 10.6 Å². The molecule has 0 atom stereocenters. The van der Waals surface area contributed by atoms with E-state index in [2.05, 4.69) is 20.4 Å². The largest absolute Gasteiger partial charge is 0.377 e. The molecule has 2 heterocycles. The summed E-state index contributed by atoms with van der Waals surface area (Å²) in [6.45, 7) is 0. The fourth-order valence-corrected chi connectivity index (χ4v) is 3.18. The minimum absolute atomic E-state index is 0.0159. The molecule has 1 fully saturated rings. The number of pyridine rings is 1. The third-order valence-corrected chi connectivity index (χ3v) is 4.50. The molecule has 26 heavy (non-hydrogen) atoms. The summed E-state index contributed by atoms with van der Waals surface area (Å²) >= 11 is 0. The first-order chi connectivity index (χ1) is 12.7. The van der Waals surface area contributed by atoms with Gasteiger partial charge in [0.2, 0.25) is 5.82 Å². The van der Waals surface area contributed by atoms with Gasteiger partial charge in [0.15, 0.2) is 0 Å². The molecular formula is C18H17N5O3. The predicted molar refractivity (Wildman–Crippen MR) is 95.5 cm³/mol. The summed E-state index contributed by atoms with van der Waals surface area (Å²) < 4.78 is 5.26. The highest BCUT2D eigenvalue weighted by atomic mass is 16.6. The number of nitrogens with zero attached hydrogens (tertiary/aromatic N) is 4. The third kappa shape index (κ3) is 3.26. The fourth-order valence-electron chi connectivity index (χ4n) is 3.18. The zero-order valence-electron chi connectivity index (χ0n) is 14.0. The molecule has 0 unspecified atom stereocenters. The van der Waals surface area contributed by atoms with Gasteiger partial charge in [0.25, 0.3) is 11.6 Å².